The van der Waals surface area contributed by atoms with Gasteiger partial charge in [-0.3, -0.25) is 4.57 Å². The molecule has 1 saturated carbocycles. The number of rotatable bonds is 6. The molecule has 30 heavy (non-hydrogen) atoms. The van der Waals surface area contributed by atoms with Crippen LogP contribution < -0.4 is 0 Å². The molecule has 1 fully saturated rings. The number of esters is 1. The van der Waals surface area contributed by atoms with Gasteiger partial charge in [-0.25, -0.2) is 9.59 Å². The SMILES string of the molecule is CCO[C@H](C(=O)O[C@@H]1C[C@H](C)CC[C@H]1C(C)C)c1cn(C(=O)OC)c2ccccc12. The third-order valence-corrected chi connectivity index (χ3v) is 6.17. The molecule has 1 aliphatic carbocycles. The van der Waals surface area contributed by atoms with E-state index in [1.807, 2.05) is 31.2 Å². The van der Waals surface area contributed by atoms with Crippen LogP contribution in [0.5, 0.6) is 0 Å². The molecule has 0 spiro atoms. The number of ether oxygens (including phenoxy) is 3. The standard InChI is InChI=1S/C24H33NO5/c1-6-29-22(23(26)30-21-13-16(4)11-12-17(21)15(2)3)19-14-25(24(27)28-5)20-10-8-7-9-18(19)20/h7-10,14-17,21-22H,6,11-13H2,1-5H3/t16-,17+,21-,22+/m1/s1. The fourth-order valence-corrected chi connectivity index (χ4v) is 4.58. The Morgan fingerprint density at radius 3 is 2.60 bits per heavy atom. The van der Waals surface area contributed by atoms with E-state index < -0.39 is 18.2 Å². The zero-order valence-corrected chi connectivity index (χ0v) is 18.6. The number of nitrogens with zero attached hydrogens (tertiary/aromatic N) is 1. The van der Waals surface area contributed by atoms with Crippen molar-refractivity contribution >= 4 is 23.0 Å². The Hall–Kier alpha value is -2.34. The summed E-state index contributed by atoms with van der Waals surface area (Å²) in [6, 6.07) is 7.42. The highest BCUT2D eigenvalue weighted by molar-refractivity contribution is 5.95. The summed E-state index contributed by atoms with van der Waals surface area (Å²) in [5.41, 5.74) is 1.29. The summed E-state index contributed by atoms with van der Waals surface area (Å²) in [6.07, 6.45) is 3.21. The predicted molar refractivity (Wildman–Crippen MR) is 115 cm³/mol. The molecule has 0 saturated heterocycles. The average Bonchev–Trinajstić information content (AvgIpc) is 3.10. The van der Waals surface area contributed by atoms with E-state index in [1.165, 1.54) is 18.1 Å². The molecule has 164 valence electrons. The Labute approximate surface area is 178 Å². The zero-order chi connectivity index (χ0) is 21.8. The highest BCUT2D eigenvalue weighted by Gasteiger charge is 2.36. The van der Waals surface area contributed by atoms with E-state index in [0.29, 0.717) is 35.4 Å². The average molecular weight is 416 g/mol. The molecule has 0 amide bonds. The van der Waals surface area contributed by atoms with E-state index in [0.717, 1.165) is 18.2 Å². The number of hydrogen-bond acceptors (Lipinski definition) is 5. The van der Waals surface area contributed by atoms with E-state index in [1.54, 1.807) is 6.20 Å². The topological polar surface area (TPSA) is 66.8 Å². The first-order chi connectivity index (χ1) is 14.4. The Kier molecular flexibility index (Phi) is 7.19. The Bertz CT molecular complexity index is 887. The van der Waals surface area contributed by atoms with Crippen molar-refractivity contribution in [3.8, 4) is 0 Å². The number of aromatic nitrogens is 1. The van der Waals surface area contributed by atoms with Crippen molar-refractivity contribution < 1.29 is 23.8 Å². The van der Waals surface area contributed by atoms with Gasteiger partial charge in [0, 0.05) is 23.8 Å². The lowest BCUT2D eigenvalue weighted by molar-refractivity contribution is -0.169. The van der Waals surface area contributed by atoms with E-state index in [2.05, 4.69) is 20.8 Å². The van der Waals surface area contributed by atoms with Crippen LogP contribution in [0, 0.1) is 17.8 Å². The van der Waals surface area contributed by atoms with Gasteiger partial charge in [0.1, 0.15) is 6.10 Å². The first-order valence-corrected chi connectivity index (χ1v) is 10.9. The van der Waals surface area contributed by atoms with Gasteiger partial charge >= 0.3 is 12.1 Å². The first kappa shape index (κ1) is 22.3. The second-order valence-corrected chi connectivity index (χ2v) is 8.58. The van der Waals surface area contributed by atoms with E-state index in [9.17, 15) is 9.59 Å². The third kappa shape index (κ3) is 4.53. The lowest BCUT2D eigenvalue weighted by Gasteiger charge is -2.37. The minimum atomic E-state index is -0.893. The summed E-state index contributed by atoms with van der Waals surface area (Å²) in [5, 5.41) is 0.774. The summed E-state index contributed by atoms with van der Waals surface area (Å²) in [4.78, 5) is 25.5. The molecule has 1 aliphatic rings. The molecule has 1 heterocycles. The maximum atomic E-state index is 13.3. The molecule has 0 bridgehead atoms. The summed E-state index contributed by atoms with van der Waals surface area (Å²) >= 11 is 0. The van der Waals surface area contributed by atoms with Gasteiger partial charge in [-0.2, -0.15) is 0 Å². The highest BCUT2D eigenvalue weighted by Crippen LogP contribution is 2.37. The summed E-state index contributed by atoms with van der Waals surface area (Å²) < 4.78 is 18.2. The molecule has 0 unspecified atom stereocenters. The van der Waals surface area contributed by atoms with E-state index in [-0.39, 0.29) is 6.10 Å². The van der Waals surface area contributed by atoms with Crippen LogP contribution >= 0.6 is 0 Å². The van der Waals surface area contributed by atoms with Crippen molar-refractivity contribution in [3.05, 3.63) is 36.0 Å². The predicted octanol–water partition coefficient (Wildman–Crippen LogP) is 5.34. The van der Waals surface area contributed by atoms with Crippen LogP contribution in [-0.4, -0.2) is 36.5 Å². The van der Waals surface area contributed by atoms with Crippen LogP contribution in [0.15, 0.2) is 30.5 Å². The Morgan fingerprint density at radius 1 is 1.20 bits per heavy atom. The molecule has 6 heteroatoms. The monoisotopic (exact) mass is 415 g/mol. The fourth-order valence-electron chi connectivity index (χ4n) is 4.58. The molecule has 0 aliphatic heterocycles. The largest absolute Gasteiger partial charge is 0.460 e. The Morgan fingerprint density at radius 2 is 1.93 bits per heavy atom. The third-order valence-electron chi connectivity index (χ3n) is 6.17. The molecule has 6 nitrogen and oxygen atoms in total. The maximum absolute atomic E-state index is 13.3. The van der Waals surface area contributed by atoms with Crippen LogP contribution in [0.2, 0.25) is 0 Å². The van der Waals surface area contributed by atoms with Crippen LogP contribution in [0.1, 0.15) is 58.6 Å². The number of fused-ring (bicyclic) bond motifs is 1. The summed E-state index contributed by atoms with van der Waals surface area (Å²) in [7, 11) is 1.33. The van der Waals surface area contributed by atoms with Gasteiger partial charge in [0.15, 0.2) is 6.10 Å². The number of methoxy groups -OCH3 is 1. The fraction of sp³-hybridized carbons (Fsp3) is 0.583. The summed E-state index contributed by atoms with van der Waals surface area (Å²) in [5.74, 6) is 0.935. The number of para-hydroxylation sites is 1. The number of carbonyl (C=O) groups is 2. The van der Waals surface area contributed by atoms with Gasteiger partial charge in [-0.1, -0.05) is 45.4 Å². The van der Waals surface area contributed by atoms with Gasteiger partial charge in [0.2, 0.25) is 0 Å². The van der Waals surface area contributed by atoms with Crippen molar-refractivity contribution in [2.24, 2.45) is 17.8 Å². The second kappa shape index (κ2) is 9.65. The Balaban J connectivity index is 1.94. The van der Waals surface area contributed by atoms with E-state index >= 15 is 0 Å². The molecule has 1 aromatic carbocycles. The van der Waals surface area contributed by atoms with Crippen molar-refractivity contribution in [1.29, 1.82) is 0 Å². The number of hydrogen-bond donors (Lipinski definition) is 0. The number of benzene rings is 1. The van der Waals surface area contributed by atoms with Gasteiger partial charge < -0.3 is 14.2 Å². The summed E-state index contributed by atoms with van der Waals surface area (Å²) in [6.45, 7) is 8.78. The van der Waals surface area contributed by atoms with Gasteiger partial charge in [-0.05, 0) is 43.6 Å². The molecule has 1 aromatic heterocycles. The normalized spacial score (nSPS) is 22.8. The minimum absolute atomic E-state index is 0.113. The second-order valence-electron chi connectivity index (χ2n) is 8.58. The molecule has 4 atom stereocenters. The highest BCUT2D eigenvalue weighted by atomic mass is 16.6. The van der Waals surface area contributed by atoms with Crippen molar-refractivity contribution in [2.75, 3.05) is 13.7 Å². The smallest absolute Gasteiger partial charge is 0.418 e. The molecule has 0 radical (unpaired) electrons. The zero-order valence-electron chi connectivity index (χ0n) is 18.6. The van der Waals surface area contributed by atoms with Gasteiger partial charge in [-0.15, -0.1) is 0 Å². The van der Waals surface area contributed by atoms with Crippen molar-refractivity contribution in [1.82, 2.24) is 4.57 Å². The van der Waals surface area contributed by atoms with Crippen LogP contribution in [0.25, 0.3) is 10.9 Å². The lowest BCUT2D eigenvalue weighted by Crippen LogP contribution is -2.37. The molecule has 3 rings (SSSR count). The van der Waals surface area contributed by atoms with E-state index in [4.69, 9.17) is 14.2 Å². The van der Waals surface area contributed by atoms with Crippen LogP contribution in [0.4, 0.5) is 4.79 Å². The molecular formula is C24H33NO5. The van der Waals surface area contributed by atoms with Gasteiger partial charge in [0.25, 0.3) is 0 Å². The molecular weight excluding hydrogens is 382 g/mol. The molecule has 2 aromatic rings. The van der Waals surface area contributed by atoms with Crippen LogP contribution in [-0.2, 0) is 19.0 Å². The van der Waals surface area contributed by atoms with Crippen molar-refractivity contribution in [3.63, 3.8) is 0 Å². The lowest BCUT2D eigenvalue weighted by atomic mass is 9.75. The minimum Gasteiger partial charge on any atom is -0.460 e. The maximum Gasteiger partial charge on any atom is 0.418 e. The van der Waals surface area contributed by atoms with Crippen molar-refractivity contribution in [2.45, 2.75) is 59.2 Å². The number of carbonyl (C=O) groups excluding carboxylic acids is 2. The first-order valence-electron chi connectivity index (χ1n) is 10.9. The molecule has 0 N–H and O–H groups in total. The van der Waals surface area contributed by atoms with Gasteiger partial charge in [0.05, 0.1) is 12.6 Å². The van der Waals surface area contributed by atoms with Crippen LogP contribution in [0.3, 0.4) is 0 Å². The quantitative estimate of drug-likeness (QED) is 0.596.